The first-order valence-electron chi connectivity index (χ1n) is 13.7. The number of rotatable bonds is 3. The summed E-state index contributed by atoms with van der Waals surface area (Å²) < 4.78 is 12.0. The van der Waals surface area contributed by atoms with Gasteiger partial charge in [-0.1, -0.05) is 18.6 Å². The van der Waals surface area contributed by atoms with Gasteiger partial charge in [-0.15, -0.1) is 0 Å². The molecule has 6 aliphatic rings. The van der Waals surface area contributed by atoms with Gasteiger partial charge in [-0.2, -0.15) is 0 Å². The Hall–Kier alpha value is -1.54. The Bertz CT molecular complexity index is 1110. The molecule has 36 heavy (non-hydrogen) atoms. The maximum atomic E-state index is 13.4. The van der Waals surface area contributed by atoms with Gasteiger partial charge in [-0.25, -0.2) is 4.79 Å². The number of carbonyl (C=O) groups is 2. The Kier molecular flexibility index (Phi) is 4.89. The minimum atomic E-state index is -1.76. The molecule has 1 saturated heterocycles. The molecule has 0 amide bonds. The number of epoxide rings is 1. The van der Waals surface area contributed by atoms with Crippen LogP contribution in [0.3, 0.4) is 0 Å². The average molecular weight is 501 g/mol. The standard InChI is InChI=1S/C29H40O7/c1-6-26-11-9-18-19(15-22-28(36-22)10-7-8-20(30)24(18,28)4)27(26,33)12-13-29(26,34)25(5,32)21-14-16(2)17(3)23(31)35-21/h7-8,18-19,21-22,32-34H,6,9-15H2,1-5H3/t18-,19+,21+,22+,24-,25-,26-,27+,28+,29+/m0/s1. The highest BCUT2D eigenvalue weighted by Crippen LogP contribution is 2.75. The molecule has 0 aromatic rings. The van der Waals surface area contributed by atoms with Crippen LogP contribution in [0, 0.1) is 22.7 Å². The third-order valence-electron chi connectivity index (χ3n) is 12.3. The number of carbonyl (C=O) groups excluding carboxylic acids is 2. The molecular weight excluding hydrogens is 460 g/mol. The monoisotopic (exact) mass is 500 g/mol. The molecule has 3 N–H and O–H groups in total. The number of ketones is 1. The smallest absolute Gasteiger partial charge is 0.334 e. The number of esters is 1. The van der Waals surface area contributed by atoms with Gasteiger partial charge in [-0.3, -0.25) is 4.79 Å². The van der Waals surface area contributed by atoms with E-state index in [0.29, 0.717) is 44.1 Å². The van der Waals surface area contributed by atoms with Gasteiger partial charge in [0.15, 0.2) is 5.78 Å². The van der Waals surface area contributed by atoms with Crippen molar-refractivity contribution in [3.8, 4) is 0 Å². The summed E-state index contributed by atoms with van der Waals surface area (Å²) in [4.78, 5) is 25.9. The number of allylic oxidation sites excluding steroid dienone is 1. The van der Waals surface area contributed by atoms with E-state index in [0.717, 1.165) is 12.0 Å². The molecule has 3 saturated carbocycles. The third kappa shape index (κ3) is 2.45. The van der Waals surface area contributed by atoms with Crippen LogP contribution < -0.4 is 0 Å². The first-order valence-corrected chi connectivity index (χ1v) is 13.7. The van der Waals surface area contributed by atoms with Crippen LogP contribution in [-0.4, -0.2) is 61.7 Å². The highest BCUT2D eigenvalue weighted by atomic mass is 16.6. The lowest BCUT2D eigenvalue weighted by Gasteiger charge is -2.64. The van der Waals surface area contributed by atoms with Gasteiger partial charge in [0.05, 0.1) is 17.1 Å². The van der Waals surface area contributed by atoms with Gasteiger partial charge in [0.1, 0.15) is 22.9 Å². The van der Waals surface area contributed by atoms with E-state index in [-0.39, 0.29) is 30.1 Å². The Balaban J connectivity index is 1.41. The Labute approximate surface area is 212 Å². The molecule has 0 radical (unpaired) electrons. The number of hydrogen-bond donors (Lipinski definition) is 3. The average Bonchev–Trinajstić information content (AvgIpc) is 3.48. The molecule has 2 aliphatic heterocycles. The van der Waals surface area contributed by atoms with Crippen LogP contribution in [0.1, 0.15) is 86.0 Å². The van der Waals surface area contributed by atoms with Gasteiger partial charge in [0.25, 0.3) is 0 Å². The fourth-order valence-electron chi connectivity index (χ4n) is 9.87. The molecule has 1 spiro atoms. The molecule has 0 aromatic carbocycles. The lowest BCUT2D eigenvalue weighted by Crippen LogP contribution is -2.73. The molecule has 4 fully saturated rings. The highest BCUT2D eigenvalue weighted by molar-refractivity contribution is 5.97. The minimum absolute atomic E-state index is 0.0639. The van der Waals surface area contributed by atoms with Gasteiger partial charge < -0.3 is 24.8 Å². The summed E-state index contributed by atoms with van der Waals surface area (Å²) in [5, 5.41) is 37.2. The first kappa shape index (κ1) is 24.8. The molecule has 6 rings (SSSR count). The van der Waals surface area contributed by atoms with Crippen molar-refractivity contribution in [1.29, 1.82) is 0 Å². The second-order valence-corrected chi connectivity index (χ2v) is 13.0. The fourth-order valence-corrected chi connectivity index (χ4v) is 9.87. The third-order valence-corrected chi connectivity index (χ3v) is 12.3. The van der Waals surface area contributed by atoms with Crippen molar-refractivity contribution >= 4 is 11.8 Å². The molecule has 0 aromatic heterocycles. The zero-order valence-corrected chi connectivity index (χ0v) is 22.1. The molecule has 198 valence electrons. The first-order chi connectivity index (χ1) is 16.8. The van der Waals surface area contributed by atoms with Gasteiger partial charge in [0, 0.05) is 17.4 Å². The second-order valence-electron chi connectivity index (χ2n) is 13.0. The van der Waals surface area contributed by atoms with Crippen molar-refractivity contribution in [2.75, 3.05) is 0 Å². The van der Waals surface area contributed by atoms with Crippen molar-refractivity contribution in [2.24, 2.45) is 22.7 Å². The summed E-state index contributed by atoms with van der Waals surface area (Å²) in [6, 6.07) is 0. The zero-order valence-electron chi connectivity index (χ0n) is 22.1. The molecular formula is C29H40O7. The van der Waals surface area contributed by atoms with Crippen molar-refractivity contribution in [2.45, 2.75) is 121 Å². The van der Waals surface area contributed by atoms with Crippen LogP contribution in [0.15, 0.2) is 23.3 Å². The molecule has 10 atom stereocenters. The van der Waals surface area contributed by atoms with Crippen LogP contribution in [0.5, 0.6) is 0 Å². The number of ether oxygens (including phenoxy) is 2. The lowest BCUT2D eigenvalue weighted by molar-refractivity contribution is -0.289. The Morgan fingerprint density at radius 3 is 2.53 bits per heavy atom. The number of aliphatic hydroxyl groups is 3. The Morgan fingerprint density at radius 1 is 1.14 bits per heavy atom. The van der Waals surface area contributed by atoms with E-state index in [4.69, 9.17) is 9.47 Å². The molecule has 7 heteroatoms. The summed E-state index contributed by atoms with van der Waals surface area (Å²) in [6.07, 6.45) is 6.46. The van der Waals surface area contributed by atoms with Crippen LogP contribution in [0.4, 0.5) is 0 Å². The fraction of sp³-hybridized carbons (Fsp3) is 0.793. The van der Waals surface area contributed by atoms with Crippen LogP contribution in [-0.2, 0) is 19.1 Å². The molecule has 2 heterocycles. The number of cyclic esters (lactones) is 1. The number of fused-ring (bicyclic) bond motifs is 4. The highest BCUT2D eigenvalue weighted by Gasteiger charge is 2.83. The van der Waals surface area contributed by atoms with Crippen molar-refractivity contribution in [3.63, 3.8) is 0 Å². The summed E-state index contributed by atoms with van der Waals surface area (Å²) in [5.74, 6) is -0.687. The molecule has 0 bridgehead atoms. The zero-order chi connectivity index (χ0) is 26.1. The predicted molar refractivity (Wildman–Crippen MR) is 131 cm³/mol. The normalized spacial score (nSPS) is 53.1. The lowest BCUT2D eigenvalue weighted by atomic mass is 9.41. The van der Waals surface area contributed by atoms with Gasteiger partial charge in [-0.05, 0) is 90.6 Å². The van der Waals surface area contributed by atoms with Crippen molar-refractivity contribution in [3.05, 3.63) is 23.3 Å². The number of hydrogen-bond acceptors (Lipinski definition) is 7. The quantitative estimate of drug-likeness (QED) is 0.403. The summed E-state index contributed by atoms with van der Waals surface area (Å²) in [7, 11) is 0. The SMILES string of the molecule is CC[C@]12CC[C@H]3[C@@H](C[C@H]4O[C@]45CC=CC(=O)[C@]35C)[C@]1(O)CC[C@@]2(O)[C@@](C)(O)[C@H]1CC(C)=C(C)C(=O)O1. The van der Waals surface area contributed by atoms with E-state index in [9.17, 15) is 24.9 Å². The largest absolute Gasteiger partial charge is 0.455 e. The van der Waals surface area contributed by atoms with Crippen molar-refractivity contribution < 1.29 is 34.4 Å². The Morgan fingerprint density at radius 2 is 1.86 bits per heavy atom. The maximum Gasteiger partial charge on any atom is 0.334 e. The minimum Gasteiger partial charge on any atom is -0.455 e. The van der Waals surface area contributed by atoms with Gasteiger partial charge in [0.2, 0.25) is 0 Å². The second kappa shape index (κ2) is 7.10. The van der Waals surface area contributed by atoms with Gasteiger partial charge >= 0.3 is 5.97 Å². The van der Waals surface area contributed by atoms with Crippen LogP contribution >= 0.6 is 0 Å². The van der Waals surface area contributed by atoms with E-state index in [2.05, 4.69) is 0 Å². The van der Waals surface area contributed by atoms with Crippen LogP contribution in [0.2, 0.25) is 0 Å². The van der Waals surface area contributed by atoms with E-state index < -0.39 is 45.3 Å². The van der Waals surface area contributed by atoms with E-state index in [1.54, 1.807) is 19.9 Å². The summed E-state index contributed by atoms with van der Waals surface area (Å²) in [6.45, 7) is 9.13. The maximum absolute atomic E-state index is 13.4. The van der Waals surface area contributed by atoms with Crippen molar-refractivity contribution in [1.82, 2.24) is 0 Å². The molecule has 4 aliphatic carbocycles. The molecule has 0 unspecified atom stereocenters. The molecule has 7 nitrogen and oxygen atoms in total. The topological polar surface area (TPSA) is 117 Å². The van der Waals surface area contributed by atoms with E-state index in [1.165, 1.54) is 0 Å². The van der Waals surface area contributed by atoms with E-state index >= 15 is 0 Å². The summed E-state index contributed by atoms with van der Waals surface area (Å²) >= 11 is 0. The summed E-state index contributed by atoms with van der Waals surface area (Å²) in [5.41, 5.74) is -5.49. The van der Waals surface area contributed by atoms with E-state index in [1.807, 2.05) is 26.8 Å². The predicted octanol–water partition coefficient (Wildman–Crippen LogP) is 3.14. The van der Waals surface area contributed by atoms with Crippen LogP contribution in [0.25, 0.3) is 0 Å².